The van der Waals surface area contributed by atoms with Gasteiger partial charge in [-0.1, -0.05) is 83.1 Å². The number of Topliss-reactive ketones (excluding diaryl/α,β-unsaturated/α-hetero) is 4. The van der Waals surface area contributed by atoms with Gasteiger partial charge in [-0.3, -0.25) is 19.2 Å². The number of ketones is 4. The van der Waals surface area contributed by atoms with E-state index in [9.17, 15) is 19.2 Å². The Hall–Kier alpha value is -3.68. The van der Waals surface area contributed by atoms with Crippen LogP contribution < -0.4 is 18.9 Å². The Morgan fingerprint density at radius 3 is 0.696 bits per heavy atom. The highest BCUT2D eigenvalue weighted by atomic mass is 16.5. The molecule has 0 spiro atoms. The average molecular weight is 781 g/mol. The van der Waals surface area contributed by atoms with Crippen LogP contribution in [0, 0.1) is 21.7 Å². The largest absolute Gasteiger partial charge is 0.487 e. The molecule has 0 aliphatic carbocycles. The van der Waals surface area contributed by atoms with Gasteiger partial charge >= 0.3 is 0 Å². The highest BCUT2D eigenvalue weighted by Gasteiger charge is 2.38. The molecule has 8 heteroatoms. The third kappa shape index (κ3) is 15.3. The molecule has 316 valence electrons. The van der Waals surface area contributed by atoms with E-state index in [-0.39, 0.29) is 23.1 Å². The lowest BCUT2D eigenvalue weighted by Crippen LogP contribution is -2.32. The Kier molecular flexibility index (Phi) is 15.0. The van der Waals surface area contributed by atoms with Gasteiger partial charge in [-0.15, -0.1) is 0 Å². The predicted molar refractivity (Wildman–Crippen MR) is 230 cm³/mol. The second-order valence-corrected chi connectivity index (χ2v) is 22.8. The van der Waals surface area contributed by atoms with Gasteiger partial charge in [-0.05, 0) is 107 Å². The maximum absolute atomic E-state index is 13.5. The van der Waals surface area contributed by atoms with E-state index in [1.54, 1.807) is 24.3 Å². The Labute approximate surface area is 340 Å². The Bertz CT molecular complexity index is 1590. The topological polar surface area (TPSA) is 105 Å². The van der Waals surface area contributed by atoms with Crippen LogP contribution in [0.15, 0.2) is 24.3 Å². The summed E-state index contributed by atoms with van der Waals surface area (Å²) in [5, 5.41) is 0. The highest BCUT2D eigenvalue weighted by molar-refractivity contribution is 6.15. The molecule has 2 rings (SSSR count). The van der Waals surface area contributed by atoms with E-state index in [4.69, 9.17) is 18.9 Å². The molecule has 0 heterocycles. The first kappa shape index (κ1) is 50.3. The average Bonchev–Trinajstić information content (AvgIpc) is 2.92. The summed E-state index contributed by atoms with van der Waals surface area (Å²) in [7, 11) is 0. The van der Waals surface area contributed by atoms with Crippen molar-refractivity contribution in [1.29, 1.82) is 0 Å². The van der Waals surface area contributed by atoms with Crippen LogP contribution in [0.1, 0.15) is 208 Å². The van der Waals surface area contributed by atoms with Gasteiger partial charge in [0.2, 0.25) is 0 Å². The first-order valence-corrected chi connectivity index (χ1v) is 19.8. The fourth-order valence-corrected chi connectivity index (χ4v) is 5.15. The number of carbonyl (C=O) groups excluding carboxylic acids is 4. The molecule has 0 saturated carbocycles. The van der Waals surface area contributed by atoms with Crippen molar-refractivity contribution in [2.24, 2.45) is 21.7 Å². The van der Waals surface area contributed by atoms with Crippen molar-refractivity contribution < 1.29 is 38.1 Å². The molecule has 8 nitrogen and oxygen atoms in total. The molecular formula is C48H76O8. The molecule has 0 amide bonds. The predicted octanol–water partition coefficient (Wildman–Crippen LogP) is 13.0. The quantitative estimate of drug-likeness (QED) is 0.244. The maximum Gasteiger partial charge on any atom is 0.172 e. The third-order valence-corrected chi connectivity index (χ3v) is 7.54. The van der Waals surface area contributed by atoms with Gasteiger partial charge < -0.3 is 18.9 Å². The molecule has 0 fully saturated rings. The lowest BCUT2D eigenvalue weighted by atomic mass is 9.78. The van der Waals surface area contributed by atoms with Crippen molar-refractivity contribution in [2.45, 2.75) is 189 Å². The standard InChI is InChI=1S/2C24H38O4/c1-21(2,3)19(25)15-13-18(28-24(10,11)12)16(20(26)22(4,5)6)14-17(15)27-23(7,8)9;1-21(2,3)19(25)17-15(27-23(7,8)9)13-14-16(28-24(10,11)12)18(17)20(26)22(4,5)6/h2*13-14H,1-12H3. The molecule has 0 bridgehead atoms. The van der Waals surface area contributed by atoms with Crippen molar-refractivity contribution in [3.8, 4) is 23.0 Å². The molecule has 2 aromatic carbocycles. The first-order valence-electron chi connectivity index (χ1n) is 19.8. The molecule has 56 heavy (non-hydrogen) atoms. The van der Waals surface area contributed by atoms with Crippen LogP contribution in [0.4, 0.5) is 0 Å². The number of carbonyl (C=O) groups is 4. The Morgan fingerprint density at radius 1 is 0.321 bits per heavy atom. The lowest BCUT2D eigenvalue weighted by molar-refractivity contribution is 0.0789. The second kappa shape index (κ2) is 16.7. The van der Waals surface area contributed by atoms with E-state index in [1.807, 2.05) is 166 Å². The van der Waals surface area contributed by atoms with Crippen molar-refractivity contribution in [3.05, 3.63) is 46.5 Å². The summed E-state index contributed by atoms with van der Waals surface area (Å²) in [6.07, 6.45) is 0. The molecule has 0 aliphatic rings. The number of ether oxygens (including phenoxy) is 4. The van der Waals surface area contributed by atoms with E-state index in [0.29, 0.717) is 45.3 Å². The summed E-state index contributed by atoms with van der Waals surface area (Å²) in [5.41, 5.74) is -3.10. The minimum absolute atomic E-state index is 0.0553. The lowest BCUT2D eigenvalue weighted by Gasteiger charge is -2.31. The van der Waals surface area contributed by atoms with Gasteiger partial charge in [0.05, 0.1) is 22.3 Å². The minimum atomic E-state index is -0.677. The minimum Gasteiger partial charge on any atom is -0.487 e. The number of benzene rings is 2. The van der Waals surface area contributed by atoms with E-state index < -0.39 is 44.1 Å². The fraction of sp³-hybridized carbons (Fsp3) is 0.667. The molecular weight excluding hydrogens is 705 g/mol. The van der Waals surface area contributed by atoms with Crippen LogP contribution in [0.2, 0.25) is 0 Å². The zero-order valence-corrected chi connectivity index (χ0v) is 39.6. The maximum atomic E-state index is 13.5. The smallest absolute Gasteiger partial charge is 0.172 e. The van der Waals surface area contributed by atoms with Crippen molar-refractivity contribution in [3.63, 3.8) is 0 Å². The molecule has 0 saturated heterocycles. The summed E-state index contributed by atoms with van der Waals surface area (Å²) >= 11 is 0. The number of rotatable bonds is 8. The monoisotopic (exact) mass is 781 g/mol. The summed E-state index contributed by atoms with van der Waals surface area (Å²) in [6.45, 7) is 45.3. The zero-order chi connectivity index (χ0) is 44.6. The van der Waals surface area contributed by atoms with Gasteiger partial charge in [-0.2, -0.15) is 0 Å². The molecule has 2 aromatic rings. The first-order chi connectivity index (χ1) is 24.5. The Balaban J connectivity index is 0.000000560. The molecule has 0 unspecified atom stereocenters. The Morgan fingerprint density at radius 2 is 0.518 bits per heavy atom. The summed E-state index contributed by atoms with van der Waals surface area (Å²) in [4.78, 5) is 53.2. The molecule has 0 aliphatic heterocycles. The van der Waals surface area contributed by atoms with Gasteiger partial charge in [-0.25, -0.2) is 0 Å². The summed E-state index contributed by atoms with van der Waals surface area (Å²) in [5.74, 6) is 1.28. The van der Waals surface area contributed by atoms with E-state index in [2.05, 4.69) is 0 Å². The van der Waals surface area contributed by atoms with Crippen LogP contribution in [0.25, 0.3) is 0 Å². The van der Waals surface area contributed by atoms with Crippen molar-refractivity contribution in [2.75, 3.05) is 0 Å². The fourth-order valence-electron chi connectivity index (χ4n) is 5.15. The van der Waals surface area contributed by atoms with Crippen molar-refractivity contribution in [1.82, 2.24) is 0 Å². The van der Waals surface area contributed by atoms with Gasteiger partial charge in [0.1, 0.15) is 45.4 Å². The van der Waals surface area contributed by atoms with E-state index >= 15 is 0 Å². The molecule has 0 atom stereocenters. The zero-order valence-electron chi connectivity index (χ0n) is 39.6. The molecule has 0 N–H and O–H groups in total. The van der Waals surface area contributed by atoms with Crippen LogP contribution in [-0.2, 0) is 0 Å². The van der Waals surface area contributed by atoms with Gasteiger partial charge in [0.15, 0.2) is 23.1 Å². The van der Waals surface area contributed by atoms with Gasteiger partial charge in [0.25, 0.3) is 0 Å². The second-order valence-electron chi connectivity index (χ2n) is 22.8. The number of hydrogen-bond acceptors (Lipinski definition) is 8. The summed E-state index contributed by atoms with van der Waals surface area (Å²) in [6, 6.07) is 6.84. The van der Waals surface area contributed by atoms with E-state index in [1.165, 1.54) is 0 Å². The van der Waals surface area contributed by atoms with E-state index in [0.717, 1.165) is 0 Å². The third-order valence-electron chi connectivity index (χ3n) is 7.54. The van der Waals surface area contributed by atoms with Crippen LogP contribution >= 0.6 is 0 Å². The number of hydrogen-bond donors (Lipinski definition) is 0. The van der Waals surface area contributed by atoms with Crippen LogP contribution in [0.3, 0.4) is 0 Å². The SMILES string of the molecule is CC(C)(C)Oc1cc(C(=O)C(C)(C)C)c(OC(C)(C)C)cc1C(=O)C(C)(C)C.CC(C)(C)Oc1ccc(OC(C)(C)C)c(C(=O)C(C)(C)C)c1C(=O)C(C)(C)C. The van der Waals surface area contributed by atoms with Crippen LogP contribution in [0.5, 0.6) is 23.0 Å². The molecule has 0 radical (unpaired) electrons. The molecule has 0 aromatic heterocycles. The normalized spacial score (nSPS) is 13.3. The van der Waals surface area contributed by atoms with Crippen molar-refractivity contribution >= 4 is 23.1 Å². The van der Waals surface area contributed by atoms with Gasteiger partial charge in [0, 0.05) is 21.7 Å². The summed E-state index contributed by atoms with van der Waals surface area (Å²) < 4.78 is 24.4. The highest BCUT2D eigenvalue weighted by Crippen LogP contribution is 2.42. The van der Waals surface area contributed by atoms with Crippen LogP contribution in [-0.4, -0.2) is 45.5 Å².